The molecule has 0 saturated carbocycles. The fraction of sp³-hybridized carbons (Fsp3) is 0.235. The molecule has 26 heavy (non-hydrogen) atoms. The standard InChI is InChI=1S/C17H15F3N4OS/c1-11-14(15(24-25-11)26-10-8-17(18,19)20)13-7-9-21-16(23-13)22-12-5-3-2-4-6-12/h2-7,9H,8,10H2,1H3,(H,21,22,23). The number of thioether (sulfide) groups is 1. The molecular formula is C17H15F3N4OS. The second-order valence-electron chi connectivity index (χ2n) is 5.39. The van der Waals surface area contributed by atoms with Crippen molar-refractivity contribution < 1.29 is 17.7 Å². The van der Waals surface area contributed by atoms with E-state index < -0.39 is 12.6 Å². The van der Waals surface area contributed by atoms with E-state index in [4.69, 9.17) is 4.52 Å². The number of benzene rings is 1. The molecule has 0 bridgehead atoms. The van der Waals surface area contributed by atoms with Crippen LogP contribution in [-0.2, 0) is 0 Å². The highest BCUT2D eigenvalue weighted by Gasteiger charge is 2.27. The molecule has 0 fully saturated rings. The van der Waals surface area contributed by atoms with Crippen molar-refractivity contribution in [2.75, 3.05) is 11.1 Å². The molecule has 0 aliphatic rings. The molecule has 0 atom stereocenters. The van der Waals surface area contributed by atoms with Crippen molar-refractivity contribution >= 4 is 23.4 Å². The van der Waals surface area contributed by atoms with Gasteiger partial charge < -0.3 is 9.84 Å². The highest BCUT2D eigenvalue weighted by atomic mass is 32.2. The first kappa shape index (κ1) is 18.2. The van der Waals surface area contributed by atoms with E-state index in [0.717, 1.165) is 17.4 Å². The molecule has 3 aromatic rings. The van der Waals surface area contributed by atoms with Crippen LogP contribution >= 0.6 is 11.8 Å². The number of halogens is 3. The maximum atomic E-state index is 12.4. The highest BCUT2D eigenvalue weighted by molar-refractivity contribution is 7.99. The highest BCUT2D eigenvalue weighted by Crippen LogP contribution is 2.34. The molecule has 5 nitrogen and oxygen atoms in total. The fourth-order valence-electron chi connectivity index (χ4n) is 2.21. The van der Waals surface area contributed by atoms with E-state index in [1.165, 1.54) is 0 Å². The Bertz CT molecular complexity index is 868. The van der Waals surface area contributed by atoms with Gasteiger partial charge in [0.05, 0.1) is 17.7 Å². The molecule has 0 aliphatic heterocycles. The Balaban J connectivity index is 1.80. The van der Waals surface area contributed by atoms with E-state index in [1.54, 1.807) is 19.2 Å². The van der Waals surface area contributed by atoms with Crippen LogP contribution in [-0.4, -0.2) is 27.1 Å². The molecule has 9 heteroatoms. The summed E-state index contributed by atoms with van der Waals surface area (Å²) in [5, 5.41) is 7.33. The smallest absolute Gasteiger partial charge is 0.360 e. The second kappa shape index (κ2) is 7.77. The first-order valence-corrected chi connectivity index (χ1v) is 8.72. The van der Waals surface area contributed by atoms with E-state index in [1.807, 2.05) is 30.3 Å². The first-order valence-electron chi connectivity index (χ1n) is 7.74. The first-order chi connectivity index (χ1) is 12.4. The number of rotatable bonds is 6. The molecule has 2 heterocycles. The number of para-hydroxylation sites is 1. The maximum Gasteiger partial charge on any atom is 0.389 e. The minimum absolute atomic E-state index is 0.136. The molecule has 136 valence electrons. The van der Waals surface area contributed by atoms with Crippen molar-refractivity contribution in [3.05, 3.63) is 48.4 Å². The van der Waals surface area contributed by atoms with Crippen LogP contribution in [0.25, 0.3) is 11.3 Å². The molecule has 0 spiro atoms. The van der Waals surface area contributed by atoms with Crippen LogP contribution in [0.15, 0.2) is 52.1 Å². The molecule has 0 aliphatic carbocycles. The predicted octanol–water partition coefficient (Wildman–Crippen LogP) is 5.23. The van der Waals surface area contributed by atoms with Crippen LogP contribution in [0.4, 0.5) is 24.8 Å². The predicted molar refractivity (Wildman–Crippen MR) is 93.4 cm³/mol. The van der Waals surface area contributed by atoms with Gasteiger partial charge in [0.2, 0.25) is 5.95 Å². The van der Waals surface area contributed by atoms with Crippen molar-refractivity contribution in [3.63, 3.8) is 0 Å². The Morgan fingerprint density at radius 3 is 2.65 bits per heavy atom. The zero-order chi connectivity index (χ0) is 18.6. The maximum absolute atomic E-state index is 12.4. The topological polar surface area (TPSA) is 63.8 Å². The summed E-state index contributed by atoms with van der Waals surface area (Å²) in [4.78, 5) is 8.60. The van der Waals surface area contributed by atoms with Gasteiger partial charge >= 0.3 is 6.18 Å². The summed E-state index contributed by atoms with van der Waals surface area (Å²) in [5.74, 6) is 0.729. The van der Waals surface area contributed by atoms with Gasteiger partial charge in [0.25, 0.3) is 0 Å². The number of anilines is 2. The van der Waals surface area contributed by atoms with Crippen LogP contribution in [0.1, 0.15) is 12.2 Å². The van der Waals surface area contributed by atoms with Gasteiger partial charge in [-0.2, -0.15) is 13.2 Å². The number of aryl methyl sites for hydroxylation is 1. The summed E-state index contributed by atoms with van der Waals surface area (Å²) in [7, 11) is 0. The van der Waals surface area contributed by atoms with Gasteiger partial charge in [-0.05, 0) is 25.1 Å². The molecule has 0 amide bonds. The monoisotopic (exact) mass is 380 g/mol. The molecule has 1 aromatic carbocycles. The summed E-state index contributed by atoms with van der Waals surface area (Å²) < 4.78 is 42.2. The summed E-state index contributed by atoms with van der Waals surface area (Å²) in [6, 6.07) is 11.1. The van der Waals surface area contributed by atoms with Gasteiger partial charge in [0.1, 0.15) is 10.8 Å². The van der Waals surface area contributed by atoms with Crippen LogP contribution in [0.5, 0.6) is 0 Å². The second-order valence-corrected chi connectivity index (χ2v) is 6.47. The lowest BCUT2D eigenvalue weighted by Crippen LogP contribution is -2.08. The Kier molecular flexibility index (Phi) is 5.46. The summed E-state index contributed by atoms with van der Waals surface area (Å²) in [5.41, 5.74) is 1.94. The van der Waals surface area contributed by atoms with Crippen LogP contribution < -0.4 is 5.32 Å². The Labute approximate surface area is 152 Å². The van der Waals surface area contributed by atoms with E-state index in [9.17, 15) is 13.2 Å². The van der Waals surface area contributed by atoms with Crippen molar-refractivity contribution in [3.8, 4) is 11.3 Å². The molecule has 0 saturated heterocycles. The number of aromatic nitrogens is 3. The summed E-state index contributed by atoms with van der Waals surface area (Å²) in [6.07, 6.45) is -3.52. The number of nitrogens with zero attached hydrogens (tertiary/aromatic N) is 3. The number of alkyl halides is 3. The molecule has 1 N–H and O–H groups in total. The van der Waals surface area contributed by atoms with Gasteiger partial charge in [0, 0.05) is 17.6 Å². The van der Waals surface area contributed by atoms with Gasteiger partial charge in [-0.15, -0.1) is 11.8 Å². The number of hydrogen-bond acceptors (Lipinski definition) is 6. The number of nitrogens with one attached hydrogen (secondary N) is 1. The quantitative estimate of drug-likeness (QED) is 0.591. The Morgan fingerprint density at radius 1 is 1.15 bits per heavy atom. The third-order valence-corrected chi connectivity index (χ3v) is 4.36. The lowest BCUT2D eigenvalue weighted by molar-refractivity contribution is -0.129. The zero-order valence-corrected chi connectivity index (χ0v) is 14.6. The van der Waals surface area contributed by atoms with E-state index in [-0.39, 0.29) is 5.75 Å². The normalized spacial score (nSPS) is 11.5. The molecule has 3 rings (SSSR count). The minimum Gasteiger partial charge on any atom is -0.360 e. The van der Waals surface area contributed by atoms with Crippen LogP contribution in [0.2, 0.25) is 0 Å². The van der Waals surface area contributed by atoms with Crippen molar-refractivity contribution in [1.82, 2.24) is 15.1 Å². The van der Waals surface area contributed by atoms with Gasteiger partial charge in [-0.25, -0.2) is 9.97 Å². The largest absolute Gasteiger partial charge is 0.389 e. The Morgan fingerprint density at radius 2 is 1.92 bits per heavy atom. The molecular weight excluding hydrogens is 365 g/mol. The third kappa shape index (κ3) is 4.75. The van der Waals surface area contributed by atoms with Crippen LogP contribution in [0.3, 0.4) is 0 Å². The lowest BCUT2D eigenvalue weighted by Gasteiger charge is -2.07. The molecule has 2 aromatic heterocycles. The molecule has 0 radical (unpaired) electrons. The summed E-state index contributed by atoms with van der Waals surface area (Å²) in [6.45, 7) is 1.70. The third-order valence-electron chi connectivity index (χ3n) is 3.40. The molecule has 0 unspecified atom stereocenters. The van der Waals surface area contributed by atoms with E-state index in [0.29, 0.717) is 28.0 Å². The van der Waals surface area contributed by atoms with Gasteiger partial charge in [-0.1, -0.05) is 23.4 Å². The van der Waals surface area contributed by atoms with Gasteiger partial charge in [-0.3, -0.25) is 0 Å². The Hall–Kier alpha value is -2.55. The van der Waals surface area contributed by atoms with Crippen LogP contribution in [0, 0.1) is 6.92 Å². The van der Waals surface area contributed by atoms with E-state index in [2.05, 4.69) is 20.4 Å². The SMILES string of the molecule is Cc1onc(SCCC(F)(F)F)c1-c1ccnc(Nc2ccccc2)n1. The van der Waals surface area contributed by atoms with Crippen molar-refractivity contribution in [2.24, 2.45) is 0 Å². The minimum atomic E-state index is -4.20. The zero-order valence-electron chi connectivity index (χ0n) is 13.7. The summed E-state index contributed by atoms with van der Waals surface area (Å²) >= 11 is 0.994. The number of hydrogen-bond donors (Lipinski definition) is 1. The average Bonchev–Trinajstić information content (AvgIpc) is 2.95. The van der Waals surface area contributed by atoms with Gasteiger partial charge in [0.15, 0.2) is 0 Å². The average molecular weight is 380 g/mol. The van der Waals surface area contributed by atoms with Crippen molar-refractivity contribution in [1.29, 1.82) is 0 Å². The van der Waals surface area contributed by atoms with Crippen molar-refractivity contribution in [2.45, 2.75) is 24.5 Å². The van der Waals surface area contributed by atoms with E-state index >= 15 is 0 Å². The fourth-order valence-corrected chi connectivity index (χ4v) is 3.22. The lowest BCUT2D eigenvalue weighted by atomic mass is 10.2.